The number of ether oxygens (including phenoxy) is 2. The van der Waals surface area contributed by atoms with Crippen molar-refractivity contribution in [3.05, 3.63) is 42.5 Å². The van der Waals surface area contributed by atoms with Gasteiger partial charge in [0.1, 0.15) is 11.3 Å². The highest BCUT2D eigenvalue weighted by molar-refractivity contribution is 6.11. The molecule has 8 heteroatoms. The molecule has 8 nitrogen and oxygen atoms in total. The Morgan fingerprint density at radius 2 is 1.56 bits per heavy atom. The Kier molecular flexibility index (Phi) is 2.94. The van der Waals surface area contributed by atoms with Gasteiger partial charge in [0.25, 0.3) is 0 Å². The molecule has 132 valence electrons. The summed E-state index contributed by atoms with van der Waals surface area (Å²) in [4.78, 5) is 30.1. The number of benzene rings is 3. The van der Waals surface area contributed by atoms with E-state index in [2.05, 4.69) is 9.97 Å². The molecule has 0 fully saturated rings. The highest BCUT2D eigenvalue weighted by Crippen LogP contribution is 2.49. The Morgan fingerprint density at radius 3 is 2.26 bits per heavy atom. The molecule has 3 bridgehead atoms. The van der Waals surface area contributed by atoms with Gasteiger partial charge in [0.15, 0.2) is 5.75 Å². The fourth-order valence-corrected chi connectivity index (χ4v) is 3.57. The van der Waals surface area contributed by atoms with E-state index in [0.29, 0.717) is 22.5 Å². The van der Waals surface area contributed by atoms with Crippen molar-refractivity contribution >= 4 is 34.1 Å². The number of aromatic amines is 1. The number of imidazole rings is 1. The second-order valence-electron chi connectivity index (χ2n) is 6.01. The molecule has 27 heavy (non-hydrogen) atoms. The molecule has 1 aromatic heterocycles. The predicted molar refractivity (Wildman–Crippen MR) is 95.3 cm³/mol. The van der Waals surface area contributed by atoms with E-state index >= 15 is 0 Å². The molecule has 1 aliphatic heterocycles. The molecule has 5 rings (SSSR count). The van der Waals surface area contributed by atoms with E-state index in [1.54, 1.807) is 6.07 Å². The molecule has 4 aromatic rings. The van der Waals surface area contributed by atoms with Crippen molar-refractivity contribution in [3.63, 3.8) is 0 Å². The first kappa shape index (κ1) is 15.2. The van der Waals surface area contributed by atoms with Crippen molar-refractivity contribution in [3.8, 4) is 34.0 Å². The average molecular weight is 362 g/mol. The van der Waals surface area contributed by atoms with Crippen LogP contribution in [0.15, 0.2) is 42.5 Å². The van der Waals surface area contributed by atoms with E-state index in [1.165, 1.54) is 0 Å². The van der Waals surface area contributed by atoms with Crippen LogP contribution < -0.4 is 9.47 Å². The van der Waals surface area contributed by atoms with Gasteiger partial charge in [-0.2, -0.15) is 0 Å². The Labute approximate surface area is 150 Å². The van der Waals surface area contributed by atoms with Gasteiger partial charge in [0.2, 0.25) is 5.75 Å². The van der Waals surface area contributed by atoms with Crippen LogP contribution in [-0.2, 0) is 0 Å². The first-order chi connectivity index (χ1) is 13.0. The summed E-state index contributed by atoms with van der Waals surface area (Å²) < 4.78 is 9.83. The van der Waals surface area contributed by atoms with E-state index in [9.17, 15) is 14.7 Å². The third-order valence-corrected chi connectivity index (χ3v) is 4.52. The molecule has 0 unspecified atom stereocenters. The van der Waals surface area contributed by atoms with Crippen molar-refractivity contribution < 1.29 is 29.3 Å². The number of fused-ring (bicyclic) bond motifs is 4. The molecule has 2 heterocycles. The lowest BCUT2D eigenvalue weighted by Gasteiger charge is -2.16. The number of carbonyl (C=O) groups is 2. The molecular formula is C19H10N2O6. The number of hydrogen-bond donors (Lipinski definition) is 3. The molecule has 1 aliphatic rings. The van der Waals surface area contributed by atoms with Crippen LogP contribution in [0, 0.1) is 0 Å². The number of H-pyrrole nitrogens is 1. The van der Waals surface area contributed by atoms with Crippen LogP contribution in [0.25, 0.3) is 44.3 Å². The van der Waals surface area contributed by atoms with E-state index in [4.69, 9.17) is 14.6 Å². The summed E-state index contributed by atoms with van der Waals surface area (Å²) in [5.41, 5.74) is 2.60. The van der Waals surface area contributed by atoms with Crippen molar-refractivity contribution in [2.45, 2.75) is 0 Å². The standard InChI is InChI=1S/C19H10N2O6/c22-18(23)26-15-11-7-12-14(16(15)27-19(24)25)21-17(20-12)10-6-2-4-8-3-1-5-9(11)13(8)10/h1-7H,(H,20,21)(H,22,23)(H,24,25). The molecule has 0 radical (unpaired) electrons. The summed E-state index contributed by atoms with van der Waals surface area (Å²) in [7, 11) is 0. The van der Waals surface area contributed by atoms with Gasteiger partial charge in [-0.1, -0.05) is 36.4 Å². The van der Waals surface area contributed by atoms with Crippen molar-refractivity contribution in [2.75, 3.05) is 0 Å². The van der Waals surface area contributed by atoms with Gasteiger partial charge in [-0.05, 0) is 17.0 Å². The molecule has 3 N–H and O–H groups in total. The van der Waals surface area contributed by atoms with Crippen LogP contribution in [0.3, 0.4) is 0 Å². The molecule has 0 spiro atoms. The molecule has 3 aromatic carbocycles. The third kappa shape index (κ3) is 2.13. The van der Waals surface area contributed by atoms with Crippen LogP contribution in [0.1, 0.15) is 0 Å². The minimum absolute atomic E-state index is 0.178. The number of nitrogens with zero attached hydrogens (tertiary/aromatic N) is 1. The van der Waals surface area contributed by atoms with E-state index < -0.39 is 12.3 Å². The summed E-state index contributed by atoms with van der Waals surface area (Å²) in [5, 5.41) is 20.1. The van der Waals surface area contributed by atoms with E-state index in [0.717, 1.165) is 16.3 Å². The highest BCUT2D eigenvalue weighted by atomic mass is 16.7. The first-order valence-corrected chi connectivity index (χ1v) is 7.93. The third-order valence-electron chi connectivity index (χ3n) is 4.52. The zero-order valence-electron chi connectivity index (χ0n) is 13.5. The lowest BCUT2D eigenvalue weighted by atomic mass is 9.93. The Morgan fingerprint density at radius 1 is 0.889 bits per heavy atom. The minimum Gasteiger partial charge on any atom is -0.449 e. The fourth-order valence-electron chi connectivity index (χ4n) is 3.57. The molecule has 0 atom stereocenters. The first-order valence-electron chi connectivity index (χ1n) is 7.93. The van der Waals surface area contributed by atoms with Crippen LogP contribution in [0.4, 0.5) is 9.59 Å². The summed E-state index contributed by atoms with van der Waals surface area (Å²) in [6.45, 7) is 0. The highest BCUT2D eigenvalue weighted by Gasteiger charge is 2.28. The van der Waals surface area contributed by atoms with Gasteiger partial charge in [0, 0.05) is 16.5 Å². The fraction of sp³-hybridized carbons (Fsp3) is 0. The zero-order chi connectivity index (χ0) is 18.7. The average Bonchev–Trinajstić information content (AvgIpc) is 3.07. The topological polar surface area (TPSA) is 122 Å². The summed E-state index contributed by atoms with van der Waals surface area (Å²) in [6, 6.07) is 13.0. The minimum atomic E-state index is -1.59. The number of aromatic nitrogens is 2. The van der Waals surface area contributed by atoms with Gasteiger partial charge < -0.3 is 24.7 Å². The monoisotopic (exact) mass is 362 g/mol. The van der Waals surface area contributed by atoms with Gasteiger partial charge in [-0.25, -0.2) is 14.6 Å². The maximum absolute atomic E-state index is 11.3. The van der Waals surface area contributed by atoms with Gasteiger partial charge in [-0.15, -0.1) is 0 Å². The van der Waals surface area contributed by atoms with Crippen molar-refractivity contribution in [2.24, 2.45) is 0 Å². The van der Waals surface area contributed by atoms with Crippen LogP contribution in [0.2, 0.25) is 0 Å². The SMILES string of the molecule is O=C(O)Oc1c2cc3[nH]c(nc3c1OC(=O)O)-c1cccc3cccc-2c13. The summed E-state index contributed by atoms with van der Waals surface area (Å²) in [5.74, 6) is 0.0563. The second kappa shape index (κ2) is 5.21. The molecular weight excluding hydrogens is 352 g/mol. The van der Waals surface area contributed by atoms with Crippen LogP contribution in [0.5, 0.6) is 11.5 Å². The quantitative estimate of drug-likeness (QED) is 0.313. The molecule has 0 saturated carbocycles. The number of carboxylic acid groups (broad SMARTS) is 2. The summed E-state index contributed by atoms with van der Waals surface area (Å²) in [6.07, 6.45) is -3.18. The number of nitrogens with one attached hydrogen (secondary N) is 1. The number of rotatable bonds is 2. The predicted octanol–water partition coefficient (Wildman–Crippen LogP) is 4.48. The zero-order valence-corrected chi connectivity index (χ0v) is 13.5. The molecule has 0 amide bonds. The maximum Gasteiger partial charge on any atom is 0.511 e. The van der Waals surface area contributed by atoms with Gasteiger partial charge >= 0.3 is 12.3 Å². The lowest BCUT2D eigenvalue weighted by Crippen LogP contribution is -2.10. The van der Waals surface area contributed by atoms with Crippen molar-refractivity contribution in [1.82, 2.24) is 9.97 Å². The maximum atomic E-state index is 11.3. The van der Waals surface area contributed by atoms with Crippen LogP contribution in [-0.4, -0.2) is 32.5 Å². The van der Waals surface area contributed by atoms with Gasteiger partial charge in [-0.3, -0.25) is 0 Å². The lowest BCUT2D eigenvalue weighted by molar-refractivity contribution is 0.133. The van der Waals surface area contributed by atoms with Gasteiger partial charge in [0.05, 0.1) is 5.52 Å². The smallest absolute Gasteiger partial charge is 0.449 e. The molecule has 0 aliphatic carbocycles. The normalized spacial score (nSPS) is 11.6. The van der Waals surface area contributed by atoms with Crippen LogP contribution >= 0.6 is 0 Å². The van der Waals surface area contributed by atoms with E-state index in [-0.39, 0.29) is 17.0 Å². The van der Waals surface area contributed by atoms with Crippen molar-refractivity contribution in [1.29, 1.82) is 0 Å². The molecule has 0 saturated heterocycles. The van der Waals surface area contributed by atoms with E-state index in [1.807, 2.05) is 36.4 Å². The Bertz CT molecular complexity index is 1290. The largest absolute Gasteiger partial charge is 0.511 e. The number of hydrogen-bond acceptors (Lipinski definition) is 5. The Balaban J connectivity index is 2.00. The second-order valence-corrected chi connectivity index (χ2v) is 6.01. The Hall–Kier alpha value is -4.07. The summed E-state index contributed by atoms with van der Waals surface area (Å²) >= 11 is 0.